The van der Waals surface area contributed by atoms with Gasteiger partial charge in [0.05, 0.1) is 28.0 Å². The minimum atomic E-state index is -0.391. The third-order valence-corrected chi connectivity index (χ3v) is 5.43. The highest BCUT2D eigenvalue weighted by atomic mass is 35.5. The van der Waals surface area contributed by atoms with Crippen LogP contribution in [0.5, 0.6) is 5.75 Å². The first-order valence-corrected chi connectivity index (χ1v) is 10.9. The summed E-state index contributed by atoms with van der Waals surface area (Å²) >= 11 is 12.0. The summed E-state index contributed by atoms with van der Waals surface area (Å²) in [6.45, 7) is 1.57. The lowest BCUT2D eigenvalue weighted by Gasteiger charge is -2.11. The van der Waals surface area contributed by atoms with Gasteiger partial charge in [-0.3, -0.25) is 4.79 Å². The molecule has 0 aliphatic carbocycles. The van der Waals surface area contributed by atoms with E-state index < -0.39 is 5.91 Å². The van der Waals surface area contributed by atoms with Crippen LogP contribution < -0.4 is 10.1 Å². The molecule has 0 saturated carbocycles. The zero-order valence-electron chi connectivity index (χ0n) is 17.8. The number of carbonyl (C=O) groups excluding carboxylic acids is 1. The van der Waals surface area contributed by atoms with Crippen molar-refractivity contribution < 1.29 is 9.53 Å². The summed E-state index contributed by atoms with van der Waals surface area (Å²) in [6, 6.07) is 16.2. The van der Waals surface area contributed by atoms with E-state index >= 15 is 0 Å². The van der Waals surface area contributed by atoms with Crippen molar-refractivity contribution in [3.8, 4) is 17.3 Å². The second-order valence-electron chi connectivity index (χ2n) is 7.32. The number of ether oxygens (including phenoxy) is 1. The zero-order valence-corrected chi connectivity index (χ0v) is 19.3. The van der Waals surface area contributed by atoms with E-state index in [0.717, 1.165) is 5.69 Å². The maximum Gasteiger partial charge on any atom is 0.263 e. The van der Waals surface area contributed by atoms with Crippen LogP contribution in [0.25, 0.3) is 22.5 Å². The molecule has 170 valence electrons. The second kappa shape index (κ2) is 9.12. The van der Waals surface area contributed by atoms with Crippen LogP contribution in [0.4, 0.5) is 5.82 Å². The number of hydrogen-bond donors (Lipinski definition) is 1. The van der Waals surface area contributed by atoms with E-state index in [1.807, 2.05) is 37.3 Å². The van der Waals surface area contributed by atoms with E-state index in [1.165, 1.54) is 6.33 Å². The Balaban J connectivity index is 1.42. The number of aryl methyl sites for hydroxylation is 1. The molecule has 3 aromatic heterocycles. The molecule has 11 heteroatoms. The van der Waals surface area contributed by atoms with Gasteiger partial charge in [0.2, 0.25) is 0 Å². The smallest absolute Gasteiger partial charge is 0.263 e. The fourth-order valence-corrected chi connectivity index (χ4v) is 3.89. The quantitative estimate of drug-likeness (QED) is 0.370. The van der Waals surface area contributed by atoms with Crippen LogP contribution >= 0.6 is 23.2 Å². The molecule has 9 nitrogen and oxygen atoms in total. The third kappa shape index (κ3) is 4.30. The highest BCUT2D eigenvalue weighted by molar-refractivity contribution is 6.35. The summed E-state index contributed by atoms with van der Waals surface area (Å²) < 4.78 is 8.80. The minimum Gasteiger partial charge on any atom is -0.482 e. The summed E-state index contributed by atoms with van der Waals surface area (Å²) in [5.41, 5.74) is 2.17. The van der Waals surface area contributed by atoms with Crippen molar-refractivity contribution in [2.45, 2.75) is 6.92 Å². The molecule has 2 aromatic carbocycles. The molecule has 34 heavy (non-hydrogen) atoms. The lowest BCUT2D eigenvalue weighted by molar-refractivity contribution is -0.118. The van der Waals surface area contributed by atoms with Crippen LogP contribution in [0.1, 0.15) is 5.69 Å². The molecule has 0 aliphatic rings. The third-order valence-electron chi connectivity index (χ3n) is 4.90. The molecule has 0 saturated heterocycles. The number of halogens is 2. The van der Waals surface area contributed by atoms with Gasteiger partial charge in [0.25, 0.3) is 5.91 Å². The molecule has 0 fully saturated rings. The van der Waals surface area contributed by atoms with Gasteiger partial charge >= 0.3 is 0 Å². The van der Waals surface area contributed by atoms with Gasteiger partial charge in [-0.25, -0.2) is 14.6 Å². The molecule has 1 amide bonds. The number of carbonyl (C=O) groups is 1. The van der Waals surface area contributed by atoms with E-state index in [2.05, 4.69) is 25.5 Å². The fourth-order valence-electron chi connectivity index (χ4n) is 3.42. The molecule has 1 N–H and O–H groups in total. The average Bonchev–Trinajstić information content (AvgIpc) is 3.42. The van der Waals surface area contributed by atoms with Gasteiger partial charge in [-0.15, -0.1) is 0 Å². The van der Waals surface area contributed by atoms with Crippen LogP contribution in [0.2, 0.25) is 10.0 Å². The Morgan fingerprint density at radius 1 is 1.06 bits per heavy atom. The lowest BCUT2D eigenvalue weighted by atomic mass is 10.3. The Morgan fingerprint density at radius 3 is 2.68 bits per heavy atom. The van der Waals surface area contributed by atoms with E-state index in [-0.39, 0.29) is 6.61 Å². The molecule has 0 unspecified atom stereocenters. The van der Waals surface area contributed by atoms with E-state index in [4.69, 9.17) is 27.9 Å². The van der Waals surface area contributed by atoms with Gasteiger partial charge in [-0.2, -0.15) is 14.9 Å². The van der Waals surface area contributed by atoms with Gasteiger partial charge in [0.1, 0.15) is 17.9 Å². The minimum absolute atomic E-state index is 0.253. The van der Waals surface area contributed by atoms with Crippen LogP contribution in [0.3, 0.4) is 0 Å². The number of aromatic nitrogens is 6. The molecular formula is C23H17Cl2N7O2. The number of nitrogens with one attached hydrogen (secondary N) is 1. The standard InChI is InChI=1S/C23H17Cl2N7O2/c1-14-9-20(29-21(33)12-34-19-8-7-15(24)10-18(19)25)32(30-14)23-17-11-28-31(22(17)26-13-27-23)16-5-3-2-4-6-16/h2-11,13H,12H2,1H3,(H,29,33). The highest BCUT2D eigenvalue weighted by Gasteiger charge is 2.18. The predicted molar refractivity (Wildman–Crippen MR) is 129 cm³/mol. The molecule has 0 radical (unpaired) electrons. The first-order valence-electron chi connectivity index (χ1n) is 10.2. The predicted octanol–water partition coefficient (Wildman–Crippen LogP) is 4.63. The molecule has 0 spiro atoms. The molecule has 0 atom stereocenters. The maximum atomic E-state index is 12.6. The van der Waals surface area contributed by atoms with Crippen LogP contribution in [0, 0.1) is 6.92 Å². The average molecular weight is 494 g/mol. The summed E-state index contributed by atoms with van der Waals surface area (Å²) in [5, 5.41) is 13.3. The van der Waals surface area contributed by atoms with E-state index in [9.17, 15) is 4.79 Å². The largest absolute Gasteiger partial charge is 0.482 e. The molecule has 5 rings (SSSR count). The number of para-hydroxylation sites is 1. The Morgan fingerprint density at radius 2 is 1.88 bits per heavy atom. The number of nitrogens with zero attached hydrogens (tertiary/aromatic N) is 6. The van der Waals surface area contributed by atoms with Crippen LogP contribution in [-0.4, -0.2) is 42.0 Å². The summed E-state index contributed by atoms with van der Waals surface area (Å²) in [6.07, 6.45) is 3.11. The van der Waals surface area contributed by atoms with Crippen molar-refractivity contribution in [3.63, 3.8) is 0 Å². The van der Waals surface area contributed by atoms with Crippen molar-refractivity contribution in [1.82, 2.24) is 29.5 Å². The molecule has 3 heterocycles. The molecule has 0 bridgehead atoms. The first-order chi connectivity index (χ1) is 16.5. The van der Waals surface area contributed by atoms with Crippen molar-refractivity contribution in [2.75, 3.05) is 11.9 Å². The Kier molecular flexibility index (Phi) is 5.87. The number of anilines is 1. The molecular weight excluding hydrogens is 477 g/mol. The van der Waals surface area contributed by atoms with Gasteiger partial charge in [-0.1, -0.05) is 41.4 Å². The monoisotopic (exact) mass is 493 g/mol. The Hall–Kier alpha value is -3.95. The normalized spacial score (nSPS) is 11.0. The van der Waals surface area contributed by atoms with E-state index in [1.54, 1.807) is 39.8 Å². The van der Waals surface area contributed by atoms with Crippen molar-refractivity contribution in [2.24, 2.45) is 0 Å². The molecule has 0 aliphatic heterocycles. The van der Waals surface area contributed by atoms with Crippen LogP contribution in [-0.2, 0) is 4.79 Å². The van der Waals surface area contributed by atoms with Gasteiger partial charge in [-0.05, 0) is 37.3 Å². The van der Waals surface area contributed by atoms with Gasteiger partial charge < -0.3 is 10.1 Å². The van der Waals surface area contributed by atoms with Crippen molar-refractivity contribution >= 4 is 46.0 Å². The van der Waals surface area contributed by atoms with Gasteiger partial charge in [0.15, 0.2) is 18.1 Å². The van der Waals surface area contributed by atoms with E-state index in [0.29, 0.717) is 44.2 Å². The SMILES string of the molecule is Cc1cc(NC(=O)COc2ccc(Cl)cc2Cl)n(-c2ncnc3c2cnn3-c2ccccc2)n1. The number of fused-ring (bicyclic) bond motifs is 1. The first kappa shape index (κ1) is 21.9. The summed E-state index contributed by atoms with van der Waals surface area (Å²) in [4.78, 5) is 21.4. The summed E-state index contributed by atoms with van der Waals surface area (Å²) in [5.74, 6) is 0.882. The maximum absolute atomic E-state index is 12.6. The van der Waals surface area contributed by atoms with Crippen LogP contribution in [0.15, 0.2) is 67.1 Å². The lowest BCUT2D eigenvalue weighted by Crippen LogP contribution is -2.22. The summed E-state index contributed by atoms with van der Waals surface area (Å²) in [7, 11) is 0. The Bertz CT molecular complexity index is 1500. The topological polar surface area (TPSA) is 99.7 Å². The number of amides is 1. The van der Waals surface area contributed by atoms with Gasteiger partial charge in [0, 0.05) is 11.1 Å². The number of rotatable bonds is 6. The second-order valence-corrected chi connectivity index (χ2v) is 8.16. The number of hydrogen-bond acceptors (Lipinski definition) is 6. The fraction of sp³-hybridized carbons (Fsp3) is 0.0870. The Labute approximate surface area is 203 Å². The van der Waals surface area contributed by atoms with Crippen molar-refractivity contribution in [3.05, 3.63) is 82.9 Å². The number of benzene rings is 2. The molecule has 5 aromatic rings. The highest BCUT2D eigenvalue weighted by Crippen LogP contribution is 2.28. The zero-order chi connectivity index (χ0) is 23.7. The van der Waals surface area contributed by atoms with Crippen molar-refractivity contribution in [1.29, 1.82) is 0 Å².